The third-order valence-electron chi connectivity index (χ3n) is 2.42. The fourth-order valence-electron chi connectivity index (χ4n) is 1.54. The van der Waals surface area contributed by atoms with E-state index in [0.717, 1.165) is 5.56 Å². The highest BCUT2D eigenvalue weighted by Gasteiger charge is 2.16. The summed E-state index contributed by atoms with van der Waals surface area (Å²) >= 11 is 3.21. The molecule has 1 aromatic heterocycles. The van der Waals surface area contributed by atoms with E-state index in [2.05, 4.69) is 36.5 Å². The molecule has 2 aromatic rings. The Morgan fingerprint density at radius 1 is 1.53 bits per heavy atom. The quantitative estimate of drug-likeness (QED) is 0.590. The topological polar surface area (TPSA) is 79.6 Å². The van der Waals surface area contributed by atoms with Gasteiger partial charge in [-0.05, 0) is 34.0 Å². The number of nitrogens with one attached hydrogen (secondary N) is 2. The van der Waals surface area contributed by atoms with Crippen LogP contribution in [0, 0.1) is 5.82 Å². The molecular weight excluding hydrogens is 289 g/mol. The van der Waals surface area contributed by atoms with Gasteiger partial charge < -0.3 is 0 Å². The summed E-state index contributed by atoms with van der Waals surface area (Å²) in [4.78, 5) is 4.02. The lowest BCUT2D eigenvalue weighted by molar-refractivity contribution is 0.521. The Morgan fingerprint density at radius 3 is 3.00 bits per heavy atom. The zero-order valence-corrected chi connectivity index (χ0v) is 10.4. The zero-order valence-electron chi connectivity index (χ0n) is 8.82. The van der Waals surface area contributed by atoms with Gasteiger partial charge in [-0.15, -0.1) is 0 Å². The van der Waals surface area contributed by atoms with E-state index in [1.165, 1.54) is 12.4 Å². The Balaban J connectivity index is 2.22. The summed E-state index contributed by atoms with van der Waals surface area (Å²) in [7, 11) is 0. The van der Waals surface area contributed by atoms with E-state index < -0.39 is 0 Å². The van der Waals surface area contributed by atoms with Gasteiger partial charge in [0.15, 0.2) is 0 Å². The van der Waals surface area contributed by atoms with E-state index in [9.17, 15) is 4.39 Å². The second kappa shape index (κ2) is 5.35. The van der Waals surface area contributed by atoms with Gasteiger partial charge in [-0.2, -0.15) is 5.10 Å². The van der Waals surface area contributed by atoms with Crippen LogP contribution in [0.3, 0.4) is 0 Å². The van der Waals surface area contributed by atoms with E-state index in [1.54, 1.807) is 6.07 Å². The number of rotatable bonds is 4. The van der Waals surface area contributed by atoms with Gasteiger partial charge in [-0.25, -0.2) is 14.8 Å². The SMILES string of the molecule is NNC(Cc1cccc(F)c1Br)c1ncn[nH]1. The molecule has 0 aliphatic rings. The van der Waals surface area contributed by atoms with Crippen molar-refractivity contribution in [2.24, 2.45) is 5.84 Å². The smallest absolute Gasteiger partial charge is 0.143 e. The summed E-state index contributed by atoms with van der Waals surface area (Å²) in [5.41, 5.74) is 3.43. The predicted octanol–water partition coefficient (Wildman–Crippen LogP) is 1.45. The molecule has 0 spiro atoms. The van der Waals surface area contributed by atoms with Crippen LogP contribution in [0.15, 0.2) is 29.0 Å². The maximum Gasteiger partial charge on any atom is 0.143 e. The lowest BCUT2D eigenvalue weighted by Gasteiger charge is -2.14. The first-order chi connectivity index (χ1) is 8.22. The first-order valence-corrected chi connectivity index (χ1v) is 5.76. The molecule has 1 heterocycles. The van der Waals surface area contributed by atoms with Crippen LogP contribution in [0.2, 0.25) is 0 Å². The lowest BCUT2D eigenvalue weighted by Crippen LogP contribution is -2.30. The van der Waals surface area contributed by atoms with Crippen molar-refractivity contribution in [2.45, 2.75) is 12.5 Å². The standard InChI is InChI=1S/C10H11BrFN5/c11-9-6(2-1-3-7(9)12)4-8(16-13)10-14-5-15-17-10/h1-3,5,8,16H,4,13H2,(H,14,15,17). The van der Waals surface area contributed by atoms with Crippen LogP contribution < -0.4 is 11.3 Å². The highest BCUT2D eigenvalue weighted by molar-refractivity contribution is 9.10. The molecule has 0 fully saturated rings. The van der Waals surface area contributed by atoms with Crippen molar-refractivity contribution in [3.63, 3.8) is 0 Å². The van der Waals surface area contributed by atoms with Gasteiger partial charge in [0.2, 0.25) is 0 Å². The van der Waals surface area contributed by atoms with Crippen molar-refractivity contribution in [3.8, 4) is 0 Å². The Morgan fingerprint density at radius 2 is 2.35 bits per heavy atom. The van der Waals surface area contributed by atoms with Crippen LogP contribution in [0.4, 0.5) is 4.39 Å². The molecular formula is C10H11BrFN5. The second-order valence-electron chi connectivity index (χ2n) is 3.51. The molecule has 0 bridgehead atoms. The van der Waals surface area contributed by atoms with Crippen LogP contribution in [0.1, 0.15) is 17.4 Å². The van der Waals surface area contributed by atoms with Crippen LogP contribution in [-0.4, -0.2) is 15.2 Å². The molecule has 2 rings (SSSR count). The number of hydrogen-bond donors (Lipinski definition) is 3. The van der Waals surface area contributed by atoms with Crippen LogP contribution >= 0.6 is 15.9 Å². The molecule has 7 heteroatoms. The van der Waals surface area contributed by atoms with Crippen molar-refractivity contribution in [2.75, 3.05) is 0 Å². The number of H-pyrrole nitrogens is 1. The molecule has 17 heavy (non-hydrogen) atoms. The third-order valence-corrected chi connectivity index (χ3v) is 3.31. The van der Waals surface area contributed by atoms with Crippen LogP contribution in [0.25, 0.3) is 0 Å². The van der Waals surface area contributed by atoms with Gasteiger partial charge in [-0.1, -0.05) is 12.1 Å². The minimum absolute atomic E-state index is 0.240. The summed E-state index contributed by atoms with van der Waals surface area (Å²) in [6.45, 7) is 0. The van der Waals surface area contributed by atoms with Crippen LogP contribution in [-0.2, 0) is 6.42 Å². The first-order valence-electron chi connectivity index (χ1n) is 4.96. The monoisotopic (exact) mass is 299 g/mol. The van der Waals surface area contributed by atoms with Gasteiger partial charge >= 0.3 is 0 Å². The fraction of sp³-hybridized carbons (Fsp3) is 0.200. The number of halogens is 2. The van der Waals surface area contributed by atoms with Crippen LogP contribution in [0.5, 0.6) is 0 Å². The summed E-state index contributed by atoms with van der Waals surface area (Å²) in [6, 6.07) is 4.64. The Labute approximate surface area is 106 Å². The van der Waals surface area contributed by atoms with Gasteiger partial charge in [0.05, 0.1) is 10.5 Å². The molecule has 5 nitrogen and oxygen atoms in total. The summed E-state index contributed by atoms with van der Waals surface area (Å²) in [5.74, 6) is 5.77. The number of benzene rings is 1. The van der Waals surface area contributed by atoms with Gasteiger partial charge in [-0.3, -0.25) is 10.9 Å². The molecule has 90 valence electrons. The fourth-order valence-corrected chi connectivity index (χ4v) is 1.97. The average Bonchev–Trinajstić information content (AvgIpc) is 2.85. The van der Waals surface area contributed by atoms with Crippen molar-refractivity contribution in [1.29, 1.82) is 0 Å². The number of nitrogens with zero attached hydrogens (tertiary/aromatic N) is 2. The zero-order chi connectivity index (χ0) is 12.3. The van der Waals surface area contributed by atoms with Gasteiger partial charge in [0.25, 0.3) is 0 Å². The normalized spacial score (nSPS) is 12.6. The minimum atomic E-state index is -0.296. The number of hydrogen-bond acceptors (Lipinski definition) is 4. The summed E-state index contributed by atoms with van der Waals surface area (Å²) < 4.78 is 13.8. The van der Waals surface area contributed by atoms with Crippen molar-refractivity contribution in [3.05, 3.63) is 46.2 Å². The summed E-state index contributed by atoms with van der Waals surface area (Å²) in [6.07, 6.45) is 1.91. The molecule has 1 atom stereocenters. The number of hydrazine groups is 1. The third kappa shape index (κ3) is 2.68. The molecule has 0 radical (unpaired) electrons. The van der Waals surface area contributed by atoms with E-state index in [0.29, 0.717) is 16.7 Å². The Hall–Kier alpha value is -1.31. The van der Waals surface area contributed by atoms with E-state index in [4.69, 9.17) is 5.84 Å². The van der Waals surface area contributed by atoms with E-state index in [-0.39, 0.29) is 11.9 Å². The highest BCUT2D eigenvalue weighted by Crippen LogP contribution is 2.24. The first kappa shape index (κ1) is 12.2. The Kier molecular flexibility index (Phi) is 3.82. The maximum absolute atomic E-state index is 13.3. The largest absolute Gasteiger partial charge is 0.271 e. The molecule has 4 N–H and O–H groups in total. The molecule has 0 aliphatic heterocycles. The predicted molar refractivity (Wildman–Crippen MR) is 64.3 cm³/mol. The van der Waals surface area contributed by atoms with Gasteiger partial charge in [0.1, 0.15) is 18.0 Å². The van der Waals surface area contributed by atoms with Crippen molar-refractivity contribution < 1.29 is 4.39 Å². The maximum atomic E-state index is 13.3. The Bertz CT molecular complexity index is 487. The summed E-state index contributed by atoms with van der Waals surface area (Å²) in [5, 5.41) is 6.48. The van der Waals surface area contributed by atoms with E-state index in [1.807, 2.05) is 6.07 Å². The molecule has 0 saturated heterocycles. The average molecular weight is 300 g/mol. The number of aromatic amines is 1. The van der Waals surface area contributed by atoms with Crippen molar-refractivity contribution >= 4 is 15.9 Å². The molecule has 1 unspecified atom stereocenters. The molecule has 0 amide bonds. The van der Waals surface area contributed by atoms with E-state index >= 15 is 0 Å². The minimum Gasteiger partial charge on any atom is -0.271 e. The molecule has 0 aliphatic carbocycles. The number of nitrogens with two attached hydrogens (primary N) is 1. The molecule has 1 aromatic carbocycles. The highest BCUT2D eigenvalue weighted by atomic mass is 79.9. The van der Waals surface area contributed by atoms with Gasteiger partial charge in [0, 0.05) is 0 Å². The number of aromatic nitrogens is 3. The van der Waals surface area contributed by atoms with Crippen molar-refractivity contribution in [1.82, 2.24) is 20.6 Å². The lowest BCUT2D eigenvalue weighted by atomic mass is 10.1. The molecule has 0 saturated carbocycles. The second-order valence-corrected chi connectivity index (χ2v) is 4.30.